The Morgan fingerprint density at radius 2 is 1.90 bits per heavy atom. The predicted molar refractivity (Wildman–Crippen MR) is 107 cm³/mol. The maximum atomic E-state index is 13.0. The summed E-state index contributed by atoms with van der Waals surface area (Å²) >= 11 is 0. The van der Waals surface area contributed by atoms with Crippen molar-refractivity contribution in [3.05, 3.63) is 53.3 Å². The van der Waals surface area contributed by atoms with Gasteiger partial charge in [0.05, 0.1) is 5.56 Å². The van der Waals surface area contributed by atoms with Crippen molar-refractivity contribution in [2.45, 2.75) is 38.3 Å². The van der Waals surface area contributed by atoms with E-state index < -0.39 is 24.0 Å². The second kappa shape index (κ2) is 8.25. The highest BCUT2D eigenvalue weighted by atomic mass is 19.4. The van der Waals surface area contributed by atoms with Gasteiger partial charge in [0, 0.05) is 32.4 Å². The van der Waals surface area contributed by atoms with E-state index in [0.29, 0.717) is 25.2 Å². The summed E-state index contributed by atoms with van der Waals surface area (Å²) in [6.45, 7) is 3.52. The van der Waals surface area contributed by atoms with Gasteiger partial charge in [-0.25, -0.2) is 4.68 Å². The molecule has 2 aromatic rings. The van der Waals surface area contributed by atoms with Crippen molar-refractivity contribution in [2.24, 2.45) is 11.1 Å². The third kappa shape index (κ3) is 4.76. The van der Waals surface area contributed by atoms with Crippen LogP contribution in [0.15, 0.2) is 36.5 Å². The molecule has 0 bridgehead atoms. The lowest BCUT2D eigenvalue weighted by Crippen LogP contribution is -2.44. The van der Waals surface area contributed by atoms with E-state index in [9.17, 15) is 23.1 Å². The number of hydrogen-bond acceptors (Lipinski definition) is 5. The molecule has 2 fully saturated rings. The maximum Gasteiger partial charge on any atom is 0.416 e. The van der Waals surface area contributed by atoms with Crippen molar-refractivity contribution in [2.75, 3.05) is 26.2 Å². The molecule has 1 atom stereocenters. The van der Waals surface area contributed by atoms with E-state index in [0.717, 1.165) is 38.4 Å². The van der Waals surface area contributed by atoms with Crippen molar-refractivity contribution in [1.29, 1.82) is 0 Å². The first kappa shape index (κ1) is 21.8. The van der Waals surface area contributed by atoms with Crippen LogP contribution in [0.25, 0.3) is 0 Å². The summed E-state index contributed by atoms with van der Waals surface area (Å²) in [5.41, 5.74) is 5.49. The number of nitrogens with zero attached hydrogens (tertiary/aromatic N) is 4. The molecule has 3 heterocycles. The molecule has 1 spiro atoms. The summed E-state index contributed by atoms with van der Waals surface area (Å²) in [6.07, 6.45) is -1.01. The number of aromatic nitrogens is 2. The van der Waals surface area contributed by atoms with Crippen LogP contribution in [-0.4, -0.2) is 56.8 Å². The van der Waals surface area contributed by atoms with Gasteiger partial charge in [-0.1, -0.05) is 18.2 Å². The molecule has 3 N–H and O–H groups in total. The summed E-state index contributed by atoms with van der Waals surface area (Å²) in [5.74, 6) is -0.643. The molecule has 2 aliphatic heterocycles. The molecule has 0 aliphatic carbocycles. The monoisotopic (exact) mass is 437 g/mol. The van der Waals surface area contributed by atoms with Gasteiger partial charge in [-0.05, 0) is 48.9 Å². The van der Waals surface area contributed by atoms with Crippen molar-refractivity contribution < 1.29 is 23.1 Å². The molecule has 7 nitrogen and oxygen atoms in total. The van der Waals surface area contributed by atoms with Crippen LogP contribution in [0.2, 0.25) is 0 Å². The fourth-order valence-electron chi connectivity index (χ4n) is 4.67. The van der Waals surface area contributed by atoms with Gasteiger partial charge in [-0.3, -0.25) is 14.6 Å². The SMILES string of the molecule is NC(=O)c1ccn([C@H](O)N2CCC3(CCN(Cc4cccc(C(F)(F)F)c4)C3)CC2)n1. The molecule has 168 valence electrons. The smallest absolute Gasteiger partial charge is 0.364 e. The lowest BCUT2D eigenvalue weighted by Gasteiger charge is -2.41. The number of halogens is 3. The van der Waals surface area contributed by atoms with Gasteiger partial charge in [-0.15, -0.1) is 0 Å². The Hall–Kier alpha value is -2.43. The van der Waals surface area contributed by atoms with Crippen LogP contribution in [0.1, 0.15) is 47.2 Å². The van der Waals surface area contributed by atoms with E-state index >= 15 is 0 Å². The van der Waals surface area contributed by atoms with E-state index in [1.165, 1.54) is 29.1 Å². The first-order valence-corrected chi connectivity index (χ1v) is 10.3. The molecule has 31 heavy (non-hydrogen) atoms. The van der Waals surface area contributed by atoms with Gasteiger partial charge in [0.15, 0.2) is 0 Å². The Bertz CT molecular complexity index is 937. The molecule has 0 unspecified atom stereocenters. The normalized spacial score (nSPS) is 20.9. The number of aliphatic hydroxyl groups excluding tert-OH is 1. The van der Waals surface area contributed by atoms with E-state index in [4.69, 9.17) is 5.73 Å². The van der Waals surface area contributed by atoms with Gasteiger partial charge in [0.25, 0.3) is 5.91 Å². The Morgan fingerprint density at radius 1 is 1.19 bits per heavy atom. The molecular formula is C21H26F3N5O2. The molecule has 0 saturated carbocycles. The van der Waals surface area contributed by atoms with E-state index in [2.05, 4.69) is 10.00 Å². The van der Waals surface area contributed by atoms with Crippen LogP contribution in [0.3, 0.4) is 0 Å². The topological polar surface area (TPSA) is 87.6 Å². The minimum absolute atomic E-state index is 0.105. The number of amides is 1. The number of carbonyl (C=O) groups excluding carboxylic acids is 1. The summed E-state index contributed by atoms with van der Waals surface area (Å²) in [4.78, 5) is 15.3. The first-order valence-electron chi connectivity index (χ1n) is 10.3. The lowest BCUT2D eigenvalue weighted by atomic mass is 9.78. The summed E-state index contributed by atoms with van der Waals surface area (Å²) < 4.78 is 40.2. The highest BCUT2D eigenvalue weighted by molar-refractivity contribution is 5.90. The maximum absolute atomic E-state index is 13.0. The van der Waals surface area contributed by atoms with Crippen LogP contribution in [0.4, 0.5) is 13.2 Å². The average molecular weight is 437 g/mol. The number of hydrogen-bond donors (Lipinski definition) is 2. The number of benzene rings is 1. The molecule has 4 rings (SSSR count). The Labute approximate surface area is 178 Å². The fraction of sp³-hybridized carbons (Fsp3) is 0.524. The zero-order valence-corrected chi connectivity index (χ0v) is 17.1. The average Bonchev–Trinajstić information content (AvgIpc) is 3.36. The highest BCUT2D eigenvalue weighted by Crippen LogP contribution is 2.42. The second-order valence-corrected chi connectivity index (χ2v) is 8.59. The van der Waals surface area contributed by atoms with E-state index in [1.54, 1.807) is 6.07 Å². The van der Waals surface area contributed by atoms with Gasteiger partial charge >= 0.3 is 6.18 Å². The standard InChI is InChI=1S/C21H26F3N5O2/c22-21(23,24)16-3-1-2-15(12-16)13-27-9-5-20(14-27)6-10-28(11-7-20)19(31)29-8-4-17(26-29)18(25)30/h1-4,8,12,19,31H,5-7,9-11,13-14H2,(H2,25,30)/t19-/m1/s1. The zero-order chi connectivity index (χ0) is 22.2. The van der Waals surface area contributed by atoms with Crippen molar-refractivity contribution >= 4 is 5.91 Å². The first-order chi connectivity index (χ1) is 14.7. The number of nitrogens with two attached hydrogens (primary N) is 1. The predicted octanol–water partition coefficient (Wildman–Crippen LogP) is 2.44. The number of primary amides is 1. The third-order valence-corrected chi connectivity index (χ3v) is 6.46. The summed E-state index contributed by atoms with van der Waals surface area (Å²) in [7, 11) is 0. The molecular weight excluding hydrogens is 411 g/mol. The third-order valence-electron chi connectivity index (χ3n) is 6.46. The van der Waals surface area contributed by atoms with Crippen molar-refractivity contribution in [3.63, 3.8) is 0 Å². The van der Waals surface area contributed by atoms with Crippen molar-refractivity contribution in [3.8, 4) is 0 Å². The molecule has 1 aromatic carbocycles. The molecule has 2 aliphatic rings. The summed E-state index contributed by atoms with van der Waals surface area (Å²) in [5, 5.41) is 14.6. The molecule has 10 heteroatoms. The Kier molecular flexibility index (Phi) is 5.80. The fourth-order valence-corrected chi connectivity index (χ4v) is 4.67. The van der Waals surface area contributed by atoms with E-state index in [1.807, 2.05) is 4.90 Å². The molecule has 2 saturated heterocycles. The molecule has 1 aromatic heterocycles. The number of likely N-dealkylation sites (tertiary alicyclic amines) is 2. The van der Waals surface area contributed by atoms with Gasteiger partial charge in [-0.2, -0.15) is 18.3 Å². The molecule has 1 amide bonds. The van der Waals surface area contributed by atoms with Crippen molar-refractivity contribution in [1.82, 2.24) is 19.6 Å². The van der Waals surface area contributed by atoms with Crippen LogP contribution in [-0.2, 0) is 12.7 Å². The number of piperidine rings is 1. The van der Waals surface area contributed by atoms with Crippen LogP contribution in [0.5, 0.6) is 0 Å². The highest BCUT2D eigenvalue weighted by Gasteiger charge is 2.41. The number of rotatable bonds is 5. The van der Waals surface area contributed by atoms with Crippen LogP contribution >= 0.6 is 0 Å². The summed E-state index contributed by atoms with van der Waals surface area (Å²) in [6, 6.07) is 7.00. The number of alkyl halides is 3. The minimum Gasteiger partial charge on any atom is -0.364 e. The van der Waals surface area contributed by atoms with Crippen LogP contribution < -0.4 is 5.73 Å². The lowest BCUT2D eigenvalue weighted by molar-refractivity contribution is -0.137. The number of carbonyl (C=O) groups is 1. The van der Waals surface area contributed by atoms with Gasteiger partial charge < -0.3 is 10.8 Å². The Morgan fingerprint density at radius 3 is 2.55 bits per heavy atom. The van der Waals surface area contributed by atoms with E-state index in [-0.39, 0.29) is 11.1 Å². The Balaban J connectivity index is 1.33. The zero-order valence-electron chi connectivity index (χ0n) is 17.1. The minimum atomic E-state index is -4.33. The quantitative estimate of drug-likeness (QED) is 0.750. The van der Waals surface area contributed by atoms with Crippen LogP contribution in [0, 0.1) is 5.41 Å². The van der Waals surface area contributed by atoms with Gasteiger partial charge in [0.1, 0.15) is 5.69 Å². The molecule has 0 radical (unpaired) electrons. The number of aliphatic hydroxyl groups is 1. The van der Waals surface area contributed by atoms with Gasteiger partial charge in [0.2, 0.25) is 6.35 Å². The largest absolute Gasteiger partial charge is 0.416 e. The second-order valence-electron chi connectivity index (χ2n) is 8.59.